The van der Waals surface area contributed by atoms with Gasteiger partial charge in [0, 0.05) is 18.4 Å². The largest absolute Gasteiger partial charge is 0.393 e. The van der Waals surface area contributed by atoms with E-state index in [1.165, 1.54) is 10.5 Å². The van der Waals surface area contributed by atoms with Gasteiger partial charge in [-0.3, -0.25) is 4.57 Å². The van der Waals surface area contributed by atoms with Crippen molar-refractivity contribution in [3.8, 4) is 17.1 Å². The molecule has 0 unspecified atom stereocenters. The zero-order valence-corrected chi connectivity index (χ0v) is 16.3. The summed E-state index contributed by atoms with van der Waals surface area (Å²) >= 11 is 5.83. The van der Waals surface area contributed by atoms with E-state index in [1.807, 2.05) is 22.9 Å². The summed E-state index contributed by atoms with van der Waals surface area (Å²) in [7, 11) is 0. The Morgan fingerprint density at radius 1 is 1.11 bits per heavy atom. The molecule has 2 heterocycles. The highest BCUT2D eigenvalue weighted by atomic mass is 32.1. The summed E-state index contributed by atoms with van der Waals surface area (Å²) in [6.45, 7) is 4.70. The van der Waals surface area contributed by atoms with E-state index in [4.69, 9.17) is 17.3 Å². The van der Waals surface area contributed by atoms with Crippen LogP contribution in [-0.4, -0.2) is 38.6 Å². The number of quaternary nitrogens is 1. The molecule has 1 aliphatic rings. The maximum atomic E-state index is 9.76. The van der Waals surface area contributed by atoms with Crippen LogP contribution in [0.1, 0.15) is 18.4 Å². The molecule has 0 bridgehead atoms. The Kier molecular flexibility index (Phi) is 5.20. The topological polar surface area (TPSA) is 47.4 Å². The Balaban J connectivity index is 1.77. The molecule has 2 aromatic carbocycles. The molecular formula is C21H25N4OS+. The lowest BCUT2D eigenvalue weighted by Crippen LogP contribution is -3.12. The second-order valence-corrected chi connectivity index (χ2v) is 7.65. The molecule has 1 saturated heterocycles. The average molecular weight is 382 g/mol. The van der Waals surface area contributed by atoms with Crippen LogP contribution in [0.15, 0.2) is 54.6 Å². The number of benzene rings is 2. The second kappa shape index (κ2) is 7.76. The van der Waals surface area contributed by atoms with Crippen LogP contribution in [0, 0.1) is 11.7 Å². The number of nitrogens with zero attached hydrogens (tertiary/aromatic N) is 3. The molecule has 0 amide bonds. The lowest BCUT2D eigenvalue weighted by atomic mass is 10.1. The molecule has 4 rings (SSSR count). The fourth-order valence-electron chi connectivity index (χ4n) is 3.67. The van der Waals surface area contributed by atoms with Gasteiger partial charge in [-0.25, -0.2) is 0 Å². The lowest BCUT2D eigenvalue weighted by Gasteiger charge is -2.26. The van der Waals surface area contributed by atoms with Gasteiger partial charge in [-0.1, -0.05) is 42.5 Å². The summed E-state index contributed by atoms with van der Waals surface area (Å²) in [6, 6.07) is 18.5. The van der Waals surface area contributed by atoms with Gasteiger partial charge in [-0.2, -0.15) is 4.68 Å². The second-order valence-electron chi connectivity index (χ2n) is 7.29. The van der Waals surface area contributed by atoms with Crippen molar-refractivity contribution in [2.75, 3.05) is 13.1 Å². The van der Waals surface area contributed by atoms with Crippen molar-refractivity contribution in [3.63, 3.8) is 0 Å². The predicted molar refractivity (Wildman–Crippen MR) is 108 cm³/mol. The molecule has 0 aliphatic carbocycles. The van der Waals surface area contributed by atoms with Crippen LogP contribution in [0.4, 0.5) is 0 Å². The third-order valence-electron chi connectivity index (χ3n) is 5.17. The van der Waals surface area contributed by atoms with Crippen LogP contribution in [-0.2, 0) is 6.67 Å². The quantitative estimate of drug-likeness (QED) is 0.682. The number of hydrogen-bond acceptors (Lipinski definition) is 3. The molecular weight excluding hydrogens is 356 g/mol. The number of aliphatic hydroxyl groups is 1. The first kappa shape index (κ1) is 18.1. The van der Waals surface area contributed by atoms with E-state index in [2.05, 4.69) is 47.9 Å². The predicted octanol–water partition coefficient (Wildman–Crippen LogP) is 2.38. The Morgan fingerprint density at radius 2 is 1.85 bits per heavy atom. The Bertz CT molecular complexity index is 971. The number of hydrogen-bond donors (Lipinski definition) is 2. The third-order valence-corrected chi connectivity index (χ3v) is 5.56. The van der Waals surface area contributed by atoms with Gasteiger partial charge >= 0.3 is 0 Å². The maximum absolute atomic E-state index is 9.76. The summed E-state index contributed by atoms with van der Waals surface area (Å²) in [5.74, 6) is 0.864. The zero-order valence-electron chi connectivity index (χ0n) is 15.5. The SMILES string of the molecule is Cc1cccc(-n2c(-c3ccccc3)nn(C[NH+]3CCC(O)CC3)c2=S)c1. The first-order chi connectivity index (χ1) is 13.1. The maximum Gasteiger partial charge on any atom is 0.207 e. The van der Waals surface area contributed by atoms with E-state index in [0.717, 1.165) is 49.7 Å². The van der Waals surface area contributed by atoms with E-state index in [1.54, 1.807) is 0 Å². The van der Waals surface area contributed by atoms with Crippen molar-refractivity contribution in [2.45, 2.75) is 32.5 Å². The zero-order chi connectivity index (χ0) is 18.8. The summed E-state index contributed by atoms with van der Waals surface area (Å²) in [5.41, 5.74) is 3.28. The molecule has 3 aromatic rings. The number of rotatable bonds is 4. The summed E-state index contributed by atoms with van der Waals surface area (Å²) < 4.78 is 4.71. The monoisotopic (exact) mass is 381 g/mol. The van der Waals surface area contributed by atoms with Crippen LogP contribution < -0.4 is 4.90 Å². The number of aromatic nitrogens is 3. The molecule has 1 aliphatic heterocycles. The van der Waals surface area contributed by atoms with Gasteiger partial charge in [0.15, 0.2) is 12.5 Å². The highest BCUT2D eigenvalue weighted by Gasteiger charge is 2.22. The van der Waals surface area contributed by atoms with Gasteiger partial charge in [-0.15, -0.1) is 5.10 Å². The van der Waals surface area contributed by atoms with E-state index < -0.39 is 0 Å². The minimum atomic E-state index is -0.161. The van der Waals surface area contributed by atoms with Crippen LogP contribution in [0.25, 0.3) is 17.1 Å². The van der Waals surface area contributed by atoms with E-state index in [-0.39, 0.29) is 6.10 Å². The standard InChI is InChI=1S/C21H24N4OS/c1-16-6-5-9-18(14-16)25-20(17-7-3-2-4-8-17)22-24(21(25)27)15-23-12-10-19(26)11-13-23/h2-9,14,19,26H,10-13,15H2,1H3/p+1. The lowest BCUT2D eigenvalue weighted by molar-refractivity contribution is -0.929. The number of nitrogens with one attached hydrogen (secondary N) is 1. The summed E-state index contributed by atoms with van der Waals surface area (Å²) in [4.78, 5) is 1.41. The van der Waals surface area contributed by atoms with Crippen molar-refractivity contribution in [3.05, 3.63) is 64.9 Å². The molecule has 27 heavy (non-hydrogen) atoms. The molecule has 6 heteroatoms. The van der Waals surface area contributed by atoms with E-state index in [0.29, 0.717) is 4.77 Å². The molecule has 0 radical (unpaired) electrons. The highest BCUT2D eigenvalue weighted by Crippen LogP contribution is 2.23. The van der Waals surface area contributed by atoms with E-state index in [9.17, 15) is 5.11 Å². The highest BCUT2D eigenvalue weighted by molar-refractivity contribution is 7.71. The van der Waals surface area contributed by atoms with Crippen LogP contribution in [0.2, 0.25) is 0 Å². The number of likely N-dealkylation sites (tertiary alicyclic amines) is 1. The molecule has 0 spiro atoms. The van der Waals surface area contributed by atoms with Gasteiger partial charge in [0.2, 0.25) is 4.77 Å². The minimum absolute atomic E-state index is 0.161. The van der Waals surface area contributed by atoms with Crippen molar-refractivity contribution in [1.29, 1.82) is 0 Å². The van der Waals surface area contributed by atoms with Crippen molar-refractivity contribution < 1.29 is 10.0 Å². The Labute approximate surface area is 164 Å². The Hall–Kier alpha value is -2.28. The summed E-state index contributed by atoms with van der Waals surface area (Å²) in [5, 5.41) is 14.7. The van der Waals surface area contributed by atoms with Gasteiger partial charge in [0.1, 0.15) is 0 Å². The van der Waals surface area contributed by atoms with Gasteiger partial charge < -0.3 is 10.0 Å². The molecule has 1 fully saturated rings. The fourth-order valence-corrected chi connectivity index (χ4v) is 3.96. The van der Waals surface area contributed by atoms with Gasteiger partial charge in [0.05, 0.1) is 24.9 Å². The first-order valence-corrected chi connectivity index (χ1v) is 9.86. The van der Waals surface area contributed by atoms with Crippen molar-refractivity contribution in [1.82, 2.24) is 14.3 Å². The smallest absolute Gasteiger partial charge is 0.207 e. The minimum Gasteiger partial charge on any atom is -0.393 e. The number of aliphatic hydroxyl groups excluding tert-OH is 1. The number of aryl methyl sites for hydroxylation is 1. The molecule has 5 nitrogen and oxygen atoms in total. The van der Waals surface area contributed by atoms with Crippen molar-refractivity contribution in [2.24, 2.45) is 0 Å². The van der Waals surface area contributed by atoms with Crippen LogP contribution >= 0.6 is 12.2 Å². The van der Waals surface area contributed by atoms with E-state index >= 15 is 0 Å². The first-order valence-electron chi connectivity index (χ1n) is 9.46. The molecule has 0 saturated carbocycles. The Morgan fingerprint density at radius 3 is 2.56 bits per heavy atom. The molecule has 0 atom stereocenters. The van der Waals surface area contributed by atoms with Gasteiger partial charge in [0.25, 0.3) is 0 Å². The normalized spacial score (nSPS) is 19.9. The van der Waals surface area contributed by atoms with Crippen molar-refractivity contribution >= 4 is 12.2 Å². The summed E-state index contributed by atoms with van der Waals surface area (Å²) in [6.07, 6.45) is 1.52. The average Bonchev–Trinajstić information content (AvgIpc) is 3.01. The molecule has 2 N–H and O–H groups in total. The van der Waals surface area contributed by atoms with Gasteiger partial charge in [-0.05, 0) is 36.8 Å². The number of piperidine rings is 1. The third kappa shape index (κ3) is 3.88. The van der Waals surface area contributed by atoms with Crippen LogP contribution in [0.3, 0.4) is 0 Å². The molecule has 140 valence electrons. The van der Waals surface area contributed by atoms with Crippen LogP contribution in [0.5, 0.6) is 0 Å². The fraction of sp³-hybridized carbons (Fsp3) is 0.333. The molecule has 1 aromatic heterocycles.